The maximum Gasteiger partial charge on any atom is 0.338 e. The van der Waals surface area contributed by atoms with Gasteiger partial charge in [-0.05, 0) is 42.0 Å². The smallest absolute Gasteiger partial charge is 0.338 e. The average molecular weight is 326 g/mol. The second-order valence-corrected chi connectivity index (χ2v) is 5.15. The lowest BCUT2D eigenvalue weighted by Crippen LogP contribution is -2.30. The summed E-state index contributed by atoms with van der Waals surface area (Å²) in [5.41, 5.74) is 1.33. The first-order valence-corrected chi connectivity index (χ1v) is 7.15. The Morgan fingerprint density at radius 2 is 1.92 bits per heavy atom. The monoisotopic (exact) mass is 326 g/mol. The quantitative estimate of drug-likeness (QED) is 0.792. The Kier molecular flexibility index (Phi) is 5.63. The summed E-state index contributed by atoms with van der Waals surface area (Å²) < 4.78 is 18.1. The van der Waals surface area contributed by atoms with E-state index in [1.165, 1.54) is 41.3 Å². The van der Waals surface area contributed by atoms with Gasteiger partial charge in [-0.2, -0.15) is 5.26 Å². The Morgan fingerprint density at radius 1 is 1.21 bits per heavy atom. The number of esters is 1. The molecule has 0 aliphatic rings. The zero-order valence-corrected chi connectivity index (χ0v) is 13.0. The van der Waals surface area contributed by atoms with Gasteiger partial charge in [-0.15, -0.1) is 0 Å². The highest BCUT2D eigenvalue weighted by Gasteiger charge is 2.14. The standard InChI is InChI=1S/C18H15FN2O3/c1-21(11-14-3-2-4-16(19)9-14)17(22)12-24-18(23)15-7-5-13(10-20)6-8-15/h2-9H,11-12H2,1H3. The highest BCUT2D eigenvalue weighted by molar-refractivity contribution is 5.91. The van der Waals surface area contributed by atoms with E-state index in [0.29, 0.717) is 11.1 Å². The molecule has 2 rings (SSSR count). The number of nitrogens with zero attached hydrogens (tertiary/aromatic N) is 2. The molecule has 0 aliphatic carbocycles. The van der Waals surface area contributed by atoms with Gasteiger partial charge in [-0.1, -0.05) is 12.1 Å². The zero-order chi connectivity index (χ0) is 17.5. The summed E-state index contributed by atoms with van der Waals surface area (Å²) in [7, 11) is 1.54. The lowest BCUT2D eigenvalue weighted by atomic mass is 10.1. The fourth-order valence-corrected chi connectivity index (χ4v) is 2.00. The lowest BCUT2D eigenvalue weighted by molar-refractivity contribution is -0.133. The van der Waals surface area contributed by atoms with Crippen molar-refractivity contribution in [1.82, 2.24) is 4.90 Å². The molecule has 0 radical (unpaired) electrons. The molecule has 0 fully saturated rings. The molecular weight excluding hydrogens is 311 g/mol. The normalized spacial score (nSPS) is 9.88. The van der Waals surface area contributed by atoms with Crippen LogP contribution < -0.4 is 0 Å². The molecule has 2 aromatic rings. The van der Waals surface area contributed by atoms with E-state index in [1.54, 1.807) is 19.2 Å². The number of hydrogen-bond acceptors (Lipinski definition) is 4. The van der Waals surface area contributed by atoms with E-state index in [4.69, 9.17) is 10.00 Å². The molecule has 0 aromatic heterocycles. The van der Waals surface area contributed by atoms with Crippen LogP contribution in [0.3, 0.4) is 0 Å². The number of likely N-dealkylation sites (N-methyl/N-ethyl adjacent to an activating group) is 1. The molecule has 0 saturated heterocycles. The van der Waals surface area contributed by atoms with E-state index in [-0.39, 0.29) is 17.9 Å². The fourth-order valence-electron chi connectivity index (χ4n) is 2.00. The van der Waals surface area contributed by atoms with E-state index in [1.807, 2.05) is 6.07 Å². The molecule has 0 N–H and O–H groups in total. The molecule has 0 atom stereocenters. The van der Waals surface area contributed by atoms with Crippen molar-refractivity contribution < 1.29 is 18.7 Å². The maximum atomic E-state index is 13.1. The Hall–Kier alpha value is -3.20. The minimum Gasteiger partial charge on any atom is -0.452 e. The van der Waals surface area contributed by atoms with Crippen LogP contribution in [0.1, 0.15) is 21.5 Å². The average Bonchev–Trinajstić information content (AvgIpc) is 2.59. The predicted octanol–water partition coefficient (Wildman–Crippen LogP) is 2.51. The number of ether oxygens (including phenoxy) is 1. The van der Waals surface area contributed by atoms with Crippen LogP contribution in [0.5, 0.6) is 0 Å². The van der Waals surface area contributed by atoms with Crippen molar-refractivity contribution in [2.45, 2.75) is 6.54 Å². The summed E-state index contributed by atoms with van der Waals surface area (Å²) in [5, 5.41) is 8.70. The third-order valence-corrected chi connectivity index (χ3v) is 3.31. The number of amides is 1. The van der Waals surface area contributed by atoms with Crippen LogP contribution in [0.25, 0.3) is 0 Å². The number of benzene rings is 2. The molecule has 6 heteroatoms. The van der Waals surface area contributed by atoms with E-state index < -0.39 is 18.5 Å². The van der Waals surface area contributed by atoms with Gasteiger partial charge in [0.1, 0.15) is 5.82 Å². The van der Waals surface area contributed by atoms with Gasteiger partial charge in [-0.3, -0.25) is 4.79 Å². The number of carbonyl (C=O) groups is 2. The number of carbonyl (C=O) groups excluding carboxylic acids is 2. The summed E-state index contributed by atoms with van der Waals surface area (Å²) in [6.45, 7) is -0.199. The van der Waals surface area contributed by atoms with Gasteiger partial charge < -0.3 is 9.64 Å². The minimum absolute atomic E-state index is 0.213. The van der Waals surface area contributed by atoms with Crippen LogP contribution in [-0.2, 0) is 16.1 Å². The third-order valence-electron chi connectivity index (χ3n) is 3.31. The van der Waals surface area contributed by atoms with Gasteiger partial charge in [0.05, 0.1) is 17.2 Å². The fraction of sp³-hybridized carbons (Fsp3) is 0.167. The number of hydrogen-bond donors (Lipinski definition) is 0. The van der Waals surface area contributed by atoms with Gasteiger partial charge in [0, 0.05) is 13.6 Å². The molecule has 1 amide bonds. The molecule has 0 aliphatic heterocycles. The van der Waals surface area contributed by atoms with Crippen molar-refractivity contribution in [1.29, 1.82) is 5.26 Å². The molecule has 0 spiro atoms. The summed E-state index contributed by atoms with van der Waals surface area (Å²) in [6.07, 6.45) is 0. The van der Waals surface area contributed by atoms with E-state index in [2.05, 4.69) is 0 Å². The lowest BCUT2D eigenvalue weighted by Gasteiger charge is -2.17. The van der Waals surface area contributed by atoms with Crippen molar-refractivity contribution >= 4 is 11.9 Å². The van der Waals surface area contributed by atoms with Crippen LogP contribution >= 0.6 is 0 Å². The van der Waals surface area contributed by atoms with Crippen molar-refractivity contribution in [3.05, 3.63) is 71.0 Å². The van der Waals surface area contributed by atoms with Crippen LogP contribution in [-0.4, -0.2) is 30.4 Å². The van der Waals surface area contributed by atoms with Crippen LogP contribution in [0.4, 0.5) is 4.39 Å². The summed E-state index contributed by atoms with van der Waals surface area (Å²) in [5.74, 6) is -1.42. The number of nitriles is 1. The van der Waals surface area contributed by atoms with E-state index >= 15 is 0 Å². The van der Waals surface area contributed by atoms with Gasteiger partial charge in [0.2, 0.25) is 0 Å². The Balaban J connectivity index is 1.87. The van der Waals surface area contributed by atoms with Crippen molar-refractivity contribution in [2.24, 2.45) is 0 Å². The van der Waals surface area contributed by atoms with Crippen LogP contribution in [0.15, 0.2) is 48.5 Å². The van der Waals surface area contributed by atoms with Crippen molar-refractivity contribution in [3.63, 3.8) is 0 Å². The van der Waals surface area contributed by atoms with E-state index in [0.717, 1.165) is 0 Å². The summed E-state index contributed by atoms with van der Waals surface area (Å²) in [6, 6.07) is 13.8. The molecule has 2 aromatic carbocycles. The SMILES string of the molecule is CN(Cc1cccc(F)c1)C(=O)COC(=O)c1ccc(C#N)cc1. The molecule has 5 nitrogen and oxygen atoms in total. The molecule has 0 unspecified atom stereocenters. The molecule has 0 bridgehead atoms. The van der Waals surface area contributed by atoms with E-state index in [9.17, 15) is 14.0 Å². The molecule has 122 valence electrons. The topological polar surface area (TPSA) is 70.4 Å². The molecule has 0 heterocycles. The maximum absolute atomic E-state index is 13.1. The highest BCUT2D eigenvalue weighted by atomic mass is 19.1. The minimum atomic E-state index is -0.646. The van der Waals surface area contributed by atoms with Crippen molar-refractivity contribution in [2.75, 3.05) is 13.7 Å². The summed E-state index contributed by atoms with van der Waals surface area (Å²) in [4.78, 5) is 25.2. The molecule has 24 heavy (non-hydrogen) atoms. The first-order valence-electron chi connectivity index (χ1n) is 7.15. The first kappa shape index (κ1) is 17.2. The highest BCUT2D eigenvalue weighted by Crippen LogP contribution is 2.08. The van der Waals surface area contributed by atoms with Crippen LogP contribution in [0.2, 0.25) is 0 Å². The van der Waals surface area contributed by atoms with Gasteiger partial charge in [0.25, 0.3) is 5.91 Å². The Morgan fingerprint density at radius 3 is 2.54 bits per heavy atom. The zero-order valence-electron chi connectivity index (χ0n) is 13.0. The van der Waals surface area contributed by atoms with Gasteiger partial charge in [0.15, 0.2) is 6.61 Å². The Bertz CT molecular complexity index is 782. The predicted molar refractivity (Wildman–Crippen MR) is 84.3 cm³/mol. The van der Waals surface area contributed by atoms with Gasteiger partial charge >= 0.3 is 5.97 Å². The Labute approximate surface area is 138 Å². The molecular formula is C18H15FN2O3. The van der Waals surface area contributed by atoms with Gasteiger partial charge in [-0.25, -0.2) is 9.18 Å². The summed E-state index contributed by atoms with van der Waals surface area (Å²) >= 11 is 0. The second kappa shape index (κ2) is 7.88. The second-order valence-electron chi connectivity index (χ2n) is 5.15. The van der Waals surface area contributed by atoms with Crippen molar-refractivity contribution in [3.8, 4) is 6.07 Å². The number of rotatable bonds is 5. The first-order chi connectivity index (χ1) is 11.5. The number of halogens is 1. The largest absolute Gasteiger partial charge is 0.452 e. The van der Waals surface area contributed by atoms with Crippen LogP contribution in [0, 0.1) is 17.1 Å². The third kappa shape index (κ3) is 4.65. The molecule has 0 saturated carbocycles.